The van der Waals surface area contributed by atoms with Crippen molar-refractivity contribution in [2.24, 2.45) is 0 Å². The van der Waals surface area contributed by atoms with Gasteiger partial charge in [0, 0.05) is 25.8 Å². The summed E-state index contributed by atoms with van der Waals surface area (Å²) < 4.78 is 18.0. The molecule has 7 heteroatoms. The average Bonchev–Trinajstić information content (AvgIpc) is 2.50. The molecule has 0 bridgehead atoms. The first-order chi connectivity index (χ1) is 10.1. The fraction of sp³-hybridized carbons (Fsp3) is 0.429. The van der Waals surface area contributed by atoms with Crippen molar-refractivity contribution in [1.82, 2.24) is 9.80 Å². The van der Waals surface area contributed by atoms with E-state index in [1.54, 1.807) is 29.0 Å². The maximum Gasteiger partial charge on any atom is 0.242 e. The van der Waals surface area contributed by atoms with E-state index in [1.165, 1.54) is 12.1 Å². The number of carbonyl (C=O) groups is 1. The Kier molecular flexibility index (Phi) is 5.46. The fourth-order valence-corrected chi connectivity index (χ4v) is 2.12. The molecule has 1 heterocycles. The first-order valence-electron chi connectivity index (χ1n) is 6.69. The summed E-state index contributed by atoms with van der Waals surface area (Å²) in [7, 11) is 1.75. The highest BCUT2D eigenvalue weighted by atomic mass is 32.1. The van der Waals surface area contributed by atoms with Crippen LogP contribution in [0.5, 0.6) is 0 Å². The number of rotatable bonds is 3. The normalized spacial score (nSPS) is 14.7. The SMILES string of the molecule is CN(CC(=O)N1CCOCC1)C(=S)Nc1ccc(F)cc1. The van der Waals surface area contributed by atoms with Crippen molar-refractivity contribution < 1.29 is 13.9 Å². The molecule has 0 unspecified atom stereocenters. The Morgan fingerprint density at radius 3 is 2.62 bits per heavy atom. The Morgan fingerprint density at radius 1 is 1.38 bits per heavy atom. The van der Waals surface area contributed by atoms with Crippen LogP contribution < -0.4 is 5.32 Å². The molecule has 1 aromatic rings. The second-order valence-electron chi connectivity index (χ2n) is 4.79. The van der Waals surface area contributed by atoms with E-state index in [0.29, 0.717) is 37.1 Å². The van der Waals surface area contributed by atoms with Crippen molar-refractivity contribution in [3.05, 3.63) is 30.1 Å². The van der Waals surface area contributed by atoms with Crippen LogP contribution in [0.4, 0.5) is 10.1 Å². The molecule has 0 radical (unpaired) electrons. The van der Waals surface area contributed by atoms with E-state index in [4.69, 9.17) is 17.0 Å². The van der Waals surface area contributed by atoms with Gasteiger partial charge < -0.3 is 19.9 Å². The maximum atomic E-state index is 12.8. The Labute approximate surface area is 128 Å². The molecule has 1 aliphatic heterocycles. The van der Waals surface area contributed by atoms with Gasteiger partial charge in [0.2, 0.25) is 5.91 Å². The van der Waals surface area contributed by atoms with Crippen LogP contribution in [0.2, 0.25) is 0 Å². The molecule has 1 fully saturated rings. The molecule has 21 heavy (non-hydrogen) atoms. The van der Waals surface area contributed by atoms with Crippen LogP contribution >= 0.6 is 12.2 Å². The van der Waals surface area contributed by atoms with Crippen LogP contribution in [-0.2, 0) is 9.53 Å². The second kappa shape index (κ2) is 7.33. The van der Waals surface area contributed by atoms with Crippen molar-refractivity contribution >= 4 is 28.9 Å². The summed E-state index contributed by atoms with van der Waals surface area (Å²) in [6.07, 6.45) is 0. The number of amides is 1. The van der Waals surface area contributed by atoms with Crippen molar-refractivity contribution in [2.75, 3.05) is 45.2 Å². The van der Waals surface area contributed by atoms with Crippen LogP contribution in [0.3, 0.4) is 0 Å². The third-order valence-electron chi connectivity index (χ3n) is 3.18. The number of hydrogen-bond acceptors (Lipinski definition) is 3. The molecule has 0 atom stereocenters. The average molecular weight is 311 g/mol. The third kappa shape index (κ3) is 4.64. The van der Waals surface area contributed by atoms with E-state index in [1.807, 2.05) is 0 Å². The van der Waals surface area contributed by atoms with Gasteiger partial charge in [-0.25, -0.2) is 4.39 Å². The number of nitrogens with one attached hydrogen (secondary N) is 1. The largest absolute Gasteiger partial charge is 0.378 e. The number of likely N-dealkylation sites (N-methyl/N-ethyl adjacent to an activating group) is 1. The van der Waals surface area contributed by atoms with Gasteiger partial charge >= 0.3 is 0 Å². The van der Waals surface area contributed by atoms with E-state index >= 15 is 0 Å². The van der Waals surface area contributed by atoms with Gasteiger partial charge in [0.15, 0.2) is 5.11 Å². The van der Waals surface area contributed by atoms with Gasteiger partial charge in [0.05, 0.1) is 19.8 Å². The van der Waals surface area contributed by atoms with Crippen LogP contribution in [0.25, 0.3) is 0 Å². The van der Waals surface area contributed by atoms with Gasteiger partial charge in [0.1, 0.15) is 5.82 Å². The lowest BCUT2D eigenvalue weighted by atomic mass is 10.3. The topological polar surface area (TPSA) is 44.8 Å². The molecule has 0 saturated carbocycles. The molecule has 114 valence electrons. The van der Waals surface area contributed by atoms with Crippen molar-refractivity contribution in [2.45, 2.75) is 0 Å². The smallest absolute Gasteiger partial charge is 0.242 e. The highest BCUT2D eigenvalue weighted by Gasteiger charge is 2.19. The molecular formula is C14H18FN3O2S. The van der Waals surface area contributed by atoms with Crippen molar-refractivity contribution in [1.29, 1.82) is 0 Å². The summed E-state index contributed by atoms with van der Waals surface area (Å²) in [5.74, 6) is -0.286. The van der Waals surface area contributed by atoms with Crippen LogP contribution in [0.1, 0.15) is 0 Å². The number of thiocarbonyl (C=S) groups is 1. The number of nitrogens with zero attached hydrogens (tertiary/aromatic N) is 2. The minimum Gasteiger partial charge on any atom is -0.378 e. The van der Waals surface area contributed by atoms with Gasteiger partial charge in [-0.3, -0.25) is 4.79 Å². The van der Waals surface area contributed by atoms with Crippen molar-refractivity contribution in [3.8, 4) is 0 Å². The quantitative estimate of drug-likeness (QED) is 0.853. The maximum absolute atomic E-state index is 12.8. The number of halogens is 1. The molecule has 1 saturated heterocycles. The highest BCUT2D eigenvalue weighted by molar-refractivity contribution is 7.80. The summed E-state index contributed by atoms with van der Waals surface area (Å²) in [5, 5.41) is 3.39. The monoisotopic (exact) mass is 311 g/mol. The molecule has 1 aromatic carbocycles. The van der Waals surface area contributed by atoms with E-state index in [9.17, 15) is 9.18 Å². The molecule has 0 spiro atoms. The minimum atomic E-state index is -0.303. The van der Waals surface area contributed by atoms with E-state index in [-0.39, 0.29) is 18.3 Å². The third-order valence-corrected chi connectivity index (χ3v) is 3.59. The van der Waals surface area contributed by atoms with Gasteiger partial charge in [-0.2, -0.15) is 0 Å². The van der Waals surface area contributed by atoms with Gasteiger partial charge in [0.25, 0.3) is 0 Å². The molecule has 5 nitrogen and oxygen atoms in total. The lowest BCUT2D eigenvalue weighted by Gasteiger charge is -2.29. The second-order valence-corrected chi connectivity index (χ2v) is 5.17. The summed E-state index contributed by atoms with van der Waals surface area (Å²) in [6.45, 7) is 2.59. The Balaban J connectivity index is 1.84. The number of carbonyl (C=O) groups excluding carboxylic acids is 1. The van der Waals surface area contributed by atoms with Gasteiger partial charge in [-0.15, -0.1) is 0 Å². The molecule has 1 aliphatic rings. The number of anilines is 1. The molecule has 2 rings (SSSR count). The Morgan fingerprint density at radius 2 is 2.00 bits per heavy atom. The lowest BCUT2D eigenvalue weighted by Crippen LogP contribution is -2.46. The molecule has 1 N–H and O–H groups in total. The van der Waals surface area contributed by atoms with E-state index in [2.05, 4.69) is 5.32 Å². The number of morpholine rings is 1. The minimum absolute atomic E-state index is 0.0176. The van der Waals surface area contributed by atoms with Gasteiger partial charge in [-0.05, 0) is 36.5 Å². The van der Waals surface area contributed by atoms with Gasteiger partial charge in [-0.1, -0.05) is 0 Å². The van der Waals surface area contributed by atoms with Crippen LogP contribution in [-0.4, -0.2) is 60.7 Å². The summed E-state index contributed by atoms with van der Waals surface area (Å²) in [6, 6.07) is 5.90. The Bertz CT molecular complexity index is 503. The summed E-state index contributed by atoms with van der Waals surface area (Å²) >= 11 is 5.24. The van der Waals surface area contributed by atoms with Crippen LogP contribution in [0.15, 0.2) is 24.3 Å². The van der Waals surface area contributed by atoms with E-state index in [0.717, 1.165) is 0 Å². The molecular weight excluding hydrogens is 293 g/mol. The predicted octanol–water partition coefficient (Wildman–Crippen LogP) is 1.31. The zero-order chi connectivity index (χ0) is 15.2. The van der Waals surface area contributed by atoms with Crippen molar-refractivity contribution in [3.63, 3.8) is 0 Å². The van der Waals surface area contributed by atoms with E-state index < -0.39 is 0 Å². The number of benzene rings is 1. The Hall–Kier alpha value is -1.73. The lowest BCUT2D eigenvalue weighted by molar-refractivity contribution is -0.135. The zero-order valence-electron chi connectivity index (χ0n) is 11.8. The molecule has 0 aromatic heterocycles. The predicted molar refractivity (Wildman–Crippen MR) is 82.6 cm³/mol. The van der Waals surface area contributed by atoms with Crippen LogP contribution in [0, 0.1) is 5.82 Å². The molecule has 0 aliphatic carbocycles. The fourth-order valence-electron chi connectivity index (χ4n) is 1.94. The zero-order valence-corrected chi connectivity index (χ0v) is 12.7. The molecule has 1 amide bonds. The summed E-state index contributed by atoms with van der Waals surface area (Å²) in [5.41, 5.74) is 0.687. The highest BCUT2D eigenvalue weighted by Crippen LogP contribution is 2.09. The summed E-state index contributed by atoms with van der Waals surface area (Å²) in [4.78, 5) is 15.5. The number of hydrogen-bond donors (Lipinski definition) is 1. The first-order valence-corrected chi connectivity index (χ1v) is 7.10. The first kappa shape index (κ1) is 15.7. The standard InChI is InChI=1S/C14H18FN3O2S/c1-17(10-13(19)18-6-8-20-9-7-18)14(21)16-12-4-2-11(15)3-5-12/h2-5H,6-10H2,1H3,(H,16,21). The number of ether oxygens (including phenoxy) is 1.